The van der Waals surface area contributed by atoms with E-state index in [0.717, 1.165) is 11.1 Å². The molecule has 0 unspecified atom stereocenters. The predicted octanol–water partition coefficient (Wildman–Crippen LogP) is 3.58. The van der Waals surface area contributed by atoms with E-state index in [4.69, 9.17) is 14.0 Å². The molecule has 0 saturated heterocycles. The van der Waals surface area contributed by atoms with Crippen LogP contribution in [0, 0.1) is 0 Å². The van der Waals surface area contributed by atoms with Crippen LogP contribution in [-0.4, -0.2) is 44.6 Å². The number of aromatic nitrogens is 6. The second-order valence-electron chi connectivity index (χ2n) is 7.00. The molecule has 0 saturated carbocycles. The predicted molar refractivity (Wildman–Crippen MR) is 109 cm³/mol. The molecule has 0 N–H and O–H groups in total. The highest BCUT2D eigenvalue weighted by molar-refractivity contribution is 5.60. The number of nitrogens with zero attached hydrogens (tertiary/aromatic N) is 6. The van der Waals surface area contributed by atoms with Gasteiger partial charge in [0.1, 0.15) is 6.54 Å². The fourth-order valence-electron chi connectivity index (χ4n) is 2.98. The van der Waals surface area contributed by atoms with Gasteiger partial charge in [-0.25, -0.2) is 0 Å². The molecule has 2 aromatic heterocycles. The van der Waals surface area contributed by atoms with Gasteiger partial charge in [-0.2, -0.15) is 9.78 Å². The number of benzene rings is 2. The van der Waals surface area contributed by atoms with E-state index in [-0.39, 0.29) is 6.54 Å². The summed E-state index contributed by atoms with van der Waals surface area (Å²) >= 11 is 0. The molecule has 0 aliphatic carbocycles. The molecule has 0 amide bonds. The van der Waals surface area contributed by atoms with Crippen LogP contribution in [0.15, 0.2) is 47.0 Å². The van der Waals surface area contributed by atoms with Gasteiger partial charge in [0.25, 0.3) is 5.89 Å². The summed E-state index contributed by atoms with van der Waals surface area (Å²) in [7, 11) is 3.16. The third-order valence-electron chi connectivity index (χ3n) is 4.67. The Hall–Kier alpha value is -3.75. The molecule has 30 heavy (non-hydrogen) atoms. The largest absolute Gasteiger partial charge is 0.493 e. The third-order valence-corrected chi connectivity index (χ3v) is 4.67. The maximum absolute atomic E-state index is 5.35. The summed E-state index contributed by atoms with van der Waals surface area (Å²) in [6, 6.07) is 13.6. The average Bonchev–Trinajstić information content (AvgIpc) is 3.43. The Morgan fingerprint density at radius 1 is 0.933 bits per heavy atom. The number of tetrazole rings is 1. The summed E-state index contributed by atoms with van der Waals surface area (Å²) in [6.45, 7) is 4.53. The second kappa shape index (κ2) is 8.32. The van der Waals surface area contributed by atoms with Crippen LogP contribution < -0.4 is 9.47 Å². The standard InChI is InChI=1S/C21H22N6O3/c1-13(2)14-5-7-15(8-6-14)21-23-26-27(24-21)12-19-22-20(25-30-19)16-9-10-17(28-3)18(11-16)29-4/h5-11,13H,12H2,1-4H3. The van der Waals surface area contributed by atoms with Gasteiger partial charge in [0.2, 0.25) is 11.6 Å². The van der Waals surface area contributed by atoms with Crippen molar-refractivity contribution >= 4 is 0 Å². The quantitative estimate of drug-likeness (QED) is 0.459. The summed E-state index contributed by atoms with van der Waals surface area (Å²) < 4.78 is 15.9. The normalized spacial score (nSPS) is 11.1. The van der Waals surface area contributed by atoms with E-state index < -0.39 is 0 Å². The lowest BCUT2D eigenvalue weighted by molar-refractivity contribution is 0.354. The molecular weight excluding hydrogens is 384 g/mol. The SMILES string of the molecule is COc1ccc(-c2noc(Cn3nnc(-c4ccc(C(C)C)cc4)n3)n2)cc1OC. The highest BCUT2D eigenvalue weighted by Gasteiger charge is 2.14. The van der Waals surface area contributed by atoms with Crippen molar-refractivity contribution in [3.63, 3.8) is 0 Å². The Balaban J connectivity index is 1.49. The molecule has 0 spiro atoms. The van der Waals surface area contributed by atoms with E-state index in [1.807, 2.05) is 18.2 Å². The van der Waals surface area contributed by atoms with Crippen molar-refractivity contribution in [2.45, 2.75) is 26.3 Å². The molecule has 0 aliphatic heterocycles. The lowest BCUT2D eigenvalue weighted by Crippen LogP contribution is -2.04. The van der Waals surface area contributed by atoms with Crippen molar-refractivity contribution in [1.82, 2.24) is 30.3 Å². The van der Waals surface area contributed by atoms with Crippen molar-refractivity contribution in [3.05, 3.63) is 53.9 Å². The van der Waals surface area contributed by atoms with Gasteiger partial charge in [0.05, 0.1) is 14.2 Å². The highest BCUT2D eigenvalue weighted by atomic mass is 16.5. The molecule has 0 aliphatic rings. The highest BCUT2D eigenvalue weighted by Crippen LogP contribution is 2.31. The zero-order chi connectivity index (χ0) is 21.1. The van der Waals surface area contributed by atoms with Crippen LogP contribution in [0.25, 0.3) is 22.8 Å². The van der Waals surface area contributed by atoms with Crippen LogP contribution >= 0.6 is 0 Å². The molecular formula is C21H22N6O3. The fourth-order valence-corrected chi connectivity index (χ4v) is 2.98. The number of methoxy groups -OCH3 is 2. The Morgan fingerprint density at radius 2 is 1.67 bits per heavy atom. The van der Waals surface area contributed by atoms with Gasteiger partial charge in [0.15, 0.2) is 11.5 Å². The van der Waals surface area contributed by atoms with E-state index in [1.165, 1.54) is 10.4 Å². The van der Waals surface area contributed by atoms with Crippen LogP contribution in [0.4, 0.5) is 0 Å². The molecule has 0 fully saturated rings. The molecule has 2 aromatic carbocycles. The zero-order valence-electron chi connectivity index (χ0n) is 17.2. The van der Waals surface area contributed by atoms with Crippen LogP contribution in [-0.2, 0) is 6.54 Å². The first kappa shape index (κ1) is 19.6. The molecule has 4 rings (SSSR count). The smallest absolute Gasteiger partial charge is 0.250 e. The Bertz CT molecular complexity index is 1130. The van der Waals surface area contributed by atoms with Gasteiger partial charge in [-0.05, 0) is 34.9 Å². The van der Waals surface area contributed by atoms with Gasteiger partial charge in [-0.3, -0.25) is 0 Å². The number of hydrogen-bond acceptors (Lipinski definition) is 8. The van der Waals surface area contributed by atoms with Gasteiger partial charge >= 0.3 is 0 Å². The first-order valence-electron chi connectivity index (χ1n) is 9.50. The maximum Gasteiger partial charge on any atom is 0.250 e. The van der Waals surface area contributed by atoms with E-state index in [9.17, 15) is 0 Å². The zero-order valence-corrected chi connectivity index (χ0v) is 17.2. The van der Waals surface area contributed by atoms with E-state index in [2.05, 4.69) is 51.5 Å². The lowest BCUT2D eigenvalue weighted by atomic mass is 10.0. The molecule has 4 aromatic rings. The summed E-state index contributed by atoms with van der Waals surface area (Å²) in [5.41, 5.74) is 2.92. The lowest BCUT2D eigenvalue weighted by Gasteiger charge is -2.07. The van der Waals surface area contributed by atoms with Gasteiger partial charge < -0.3 is 14.0 Å². The molecule has 9 heteroatoms. The summed E-state index contributed by atoms with van der Waals surface area (Å²) in [5, 5.41) is 16.7. The van der Waals surface area contributed by atoms with E-state index >= 15 is 0 Å². The molecule has 154 valence electrons. The van der Waals surface area contributed by atoms with Gasteiger partial charge in [-0.1, -0.05) is 43.3 Å². The molecule has 0 atom stereocenters. The molecule has 2 heterocycles. The number of ether oxygens (including phenoxy) is 2. The van der Waals surface area contributed by atoms with E-state index in [0.29, 0.717) is 35.0 Å². The van der Waals surface area contributed by atoms with E-state index in [1.54, 1.807) is 26.4 Å². The topological polar surface area (TPSA) is 101 Å². The van der Waals surface area contributed by atoms with Crippen molar-refractivity contribution in [2.75, 3.05) is 14.2 Å². The van der Waals surface area contributed by atoms with Crippen LogP contribution in [0.3, 0.4) is 0 Å². The summed E-state index contributed by atoms with van der Waals surface area (Å²) in [6.07, 6.45) is 0. The number of rotatable bonds is 7. The fraction of sp³-hybridized carbons (Fsp3) is 0.286. The first-order valence-corrected chi connectivity index (χ1v) is 9.50. The first-order chi connectivity index (χ1) is 14.6. The Kier molecular flexibility index (Phi) is 5.42. The summed E-state index contributed by atoms with van der Waals surface area (Å²) in [4.78, 5) is 5.85. The second-order valence-corrected chi connectivity index (χ2v) is 7.00. The minimum Gasteiger partial charge on any atom is -0.493 e. The van der Waals surface area contributed by atoms with Crippen LogP contribution in [0.1, 0.15) is 31.2 Å². The Labute approximate surface area is 173 Å². The monoisotopic (exact) mass is 406 g/mol. The molecule has 0 radical (unpaired) electrons. The van der Waals surface area contributed by atoms with Gasteiger partial charge in [-0.15, -0.1) is 10.2 Å². The maximum atomic E-state index is 5.35. The van der Waals surface area contributed by atoms with Crippen molar-refractivity contribution in [2.24, 2.45) is 0 Å². The van der Waals surface area contributed by atoms with Crippen LogP contribution in [0.2, 0.25) is 0 Å². The Morgan fingerprint density at radius 3 is 2.37 bits per heavy atom. The minimum absolute atomic E-state index is 0.220. The number of hydrogen-bond donors (Lipinski definition) is 0. The molecule has 9 nitrogen and oxygen atoms in total. The van der Waals surface area contributed by atoms with Crippen molar-refractivity contribution < 1.29 is 14.0 Å². The van der Waals surface area contributed by atoms with Crippen molar-refractivity contribution in [3.8, 4) is 34.3 Å². The van der Waals surface area contributed by atoms with Gasteiger partial charge in [0, 0.05) is 11.1 Å². The van der Waals surface area contributed by atoms with Crippen LogP contribution in [0.5, 0.6) is 11.5 Å². The summed E-state index contributed by atoms with van der Waals surface area (Å²) in [5.74, 6) is 3.05. The average molecular weight is 406 g/mol. The minimum atomic E-state index is 0.220. The van der Waals surface area contributed by atoms with Crippen molar-refractivity contribution in [1.29, 1.82) is 0 Å². The third kappa shape index (κ3) is 4.00. The molecule has 0 bridgehead atoms.